The number of methoxy groups -OCH3 is 1. The molecule has 0 amide bonds. The number of hydrogen-bond acceptors (Lipinski definition) is 6. The Kier molecular flexibility index (Phi) is 6.13. The molecular weight excluding hydrogens is 414 g/mol. The number of benzene rings is 2. The second-order valence-corrected chi connectivity index (χ2v) is 8.41. The van der Waals surface area contributed by atoms with Crippen molar-refractivity contribution in [2.45, 2.75) is 19.8 Å². The van der Waals surface area contributed by atoms with Gasteiger partial charge in [0.05, 0.1) is 12.6 Å². The van der Waals surface area contributed by atoms with Crippen LogP contribution in [0.15, 0.2) is 54.9 Å². The Hall–Kier alpha value is -3.58. The zero-order valence-electron chi connectivity index (χ0n) is 19.1. The molecule has 0 bridgehead atoms. The van der Waals surface area contributed by atoms with Crippen molar-refractivity contribution in [2.24, 2.45) is 0 Å². The highest BCUT2D eigenvalue weighted by Crippen LogP contribution is 2.35. The number of fused-ring (bicyclic) bond motifs is 2. The van der Waals surface area contributed by atoms with Gasteiger partial charge in [0.25, 0.3) is 0 Å². The van der Waals surface area contributed by atoms with Crippen LogP contribution in [0.4, 0.5) is 11.5 Å². The molecule has 1 aliphatic heterocycles. The van der Waals surface area contributed by atoms with Gasteiger partial charge in [-0.15, -0.1) is 0 Å². The average molecular weight is 444 g/mol. The van der Waals surface area contributed by atoms with Crippen molar-refractivity contribution >= 4 is 33.3 Å². The largest absolute Gasteiger partial charge is 0.493 e. The van der Waals surface area contributed by atoms with E-state index >= 15 is 0 Å². The lowest BCUT2D eigenvalue weighted by Gasteiger charge is -2.13. The molecule has 0 spiro atoms. The van der Waals surface area contributed by atoms with Gasteiger partial charge >= 0.3 is 0 Å². The standard InChI is InChI=1S/C26H29N5O2/c1-18-13-19-14-20(7-8-22(19)29-18)30-26-21-15-24(32-2)25(16-23(21)27-17-28-26)33-12-6-5-11-31-9-3-4-10-31/h5-8,13-17,29H,3-4,9-12H2,1-2H3,(H,27,28,30)/b6-5+. The van der Waals surface area contributed by atoms with Crippen LogP contribution in [0.3, 0.4) is 0 Å². The van der Waals surface area contributed by atoms with Gasteiger partial charge in [0.15, 0.2) is 11.5 Å². The molecule has 7 nitrogen and oxygen atoms in total. The molecule has 2 aromatic carbocycles. The van der Waals surface area contributed by atoms with Crippen molar-refractivity contribution in [1.82, 2.24) is 19.9 Å². The van der Waals surface area contributed by atoms with E-state index in [1.807, 2.05) is 18.2 Å². The minimum Gasteiger partial charge on any atom is -0.493 e. The molecular formula is C26H29N5O2. The van der Waals surface area contributed by atoms with Crippen LogP contribution in [0.1, 0.15) is 18.5 Å². The molecule has 3 heterocycles. The van der Waals surface area contributed by atoms with Gasteiger partial charge in [-0.05, 0) is 63.2 Å². The molecule has 2 N–H and O–H groups in total. The van der Waals surface area contributed by atoms with Crippen LogP contribution in [0.5, 0.6) is 11.5 Å². The van der Waals surface area contributed by atoms with Crippen molar-refractivity contribution in [3.05, 3.63) is 60.6 Å². The Labute approximate surface area is 193 Å². The van der Waals surface area contributed by atoms with Gasteiger partial charge in [-0.2, -0.15) is 0 Å². The molecule has 170 valence electrons. The first kappa shape index (κ1) is 21.3. The van der Waals surface area contributed by atoms with Crippen LogP contribution in [-0.4, -0.2) is 53.2 Å². The predicted octanol–water partition coefficient (Wildman–Crippen LogP) is 5.20. The predicted molar refractivity (Wildman–Crippen MR) is 133 cm³/mol. The fourth-order valence-electron chi connectivity index (χ4n) is 4.32. The Morgan fingerprint density at radius 1 is 1.06 bits per heavy atom. The molecule has 33 heavy (non-hydrogen) atoms. The number of aromatic nitrogens is 3. The quantitative estimate of drug-likeness (QED) is 0.365. The minimum absolute atomic E-state index is 0.488. The van der Waals surface area contributed by atoms with E-state index in [1.165, 1.54) is 25.9 Å². The summed E-state index contributed by atoms with van der Waals surface area (Å²) in [5.74, 6) is 2.05. The van der Waals surface area contributed by atoms with Gasteiger partial charge < -0.3 is 19.8 Å². The Balaban J connectivity index is 1.34. The van der Waals surface area contributed by atoms with Crippen molar-refractivity contribution in [1.29, 1.82) is 0 Å². The van der Waals surface area contributed by atoms with Crippen LogP contribution < -0.4 is 14.8 Å². The number of aryl methyl sites for hydroxylation is 1. The molecule has 1 saturated heterocycles. The van der Waals surface area contributed by atoms with Crippen LogP contribution in [0, 0.1) is 6.92 Å². The van der Waals surface area contributed by atoms with E-state index in [4.69, 9.17) is 9.47 Å². The molecule has 0 unspecified atom stereocenters. The molecule has 0 atom stereocenters. The number of aromatic amines is 1. The lowest BCUT2D eigenvalue weighted by atomic mass is 10.2. The fourth-order valence-corrected chi connectivity index (χ4v) is 4.32. The van der Waals surface area contributed by atoms with E-state index in [0.717, 1.165) is 45.5 Å². The molecule has 1 fully saturated rings. The van der Waals surface area contributed by atoms with Crippen LogP contribution >= 0.6 is 0 Å². The SMILES string of the molecule is COc1cc2c(Nc3ccc4[nH]c(C)cc4c3)ncnc2cc1OC/C=C/CN1CCCC1. The molecule has 1 aliphatic rings. The van der Waals surface area contributed by atoms with E-state index < -0.39 is 0 Å². The number of ether oxygens (including phenoxy) is 2. The van der Waals surface area contributed by atoms with Crippen molar-refractivity contribution in [3.63, 3.8) is 0 Å². The Morgan fingerprint density at radius 2 is 1.94 bits per heavy atom. The van der Waals surface area contributed by atoms with Gasteiger partial charge in [-0.1, -0.05) is 12.2 Å². The maximum atomic E-state index is 5.99. The zero-order chi connectivity index (χ0) is 22.6. The third-order valence-corrected chi connectivity index (χ3v) is 6.00. The van der Waals surface area contributed by atoms with Crippen LogP contribution in [-0.2, 0) is 0 Å². The molecule has 5 rings (SSSR count). The number of likely N-dealkylation sites (tertiary alicyclic amines) is 1. The lowest BCUT2D eigenvalue weighted by molar-refractivity contribution is 0.325. The van der Waals surface area contributed by atoms with Crippen LogP contribution in [0.25, 0.3) is 21.8 Å². The molecule has 0 radical (unpaired) electrons. The van der Waals surface area contributed by atoms with Gasteiger partial charge in [0.1, 0.15) is 18.8 Å². The smallest absolute Gasteiger partial charge is 0.163 e. The number of hydrogen-bond donors (Lipinski definition) is 2. The van der Waals surface area contributed by atoms with Gasteiger partial charge in [-0.25, -0.2) is 9.97 Å². The van der Waals surface area contributed by atoms with E-state index in [0.29, 0.717) is 18.1 Å². The highest BCUT2D eigenvalue weighted by molar-refractivity contribution is 5.94. The topological polar surface area (TPSA) is 75.3 Å². The summed E-state index contributed by atoms with van der Waals surface area (Å²) in [6.45, 7) is 5.91. The highest BCUT2D eigenvalue weighted by atomic mass is 16.5. The molecule has 0 saturated carbocycles. The van der Waals surface area contributed by atoms with Gasteiger partial charge in [0, 0.05) is 40.3 Å². The molecule has 7 heteroatoms. The maximum absolute atomic E-state index is 5.99. The third-order valence-electron chi connectivity index (χ3n) is 6.00. The first-order valence-electron chi connectivity index (χ1n) is 11.4. The summed E-state index contributed by atoms with van der Waals surface area (Å²) in [5, 5.41) is 5.45. The van der Waals surface area contributed by atoms with Crippen molar-refractivity contribution < 1.29 is 9.47 Å². The normalized spacial score (nSPS) is 14.5. The van der Waals surface area contributed by atoms with Gasteiger partial charge in [0.2, 0.25) is 0 Å². The van der Waals surface area contributed by atoms with Crippen molar-refractivity contribution in [2.75, 3.05) is 38.7 Å². The second-order valence-electron chi connectivity index (χ2n) is 8.41. The highest BCUT2D eigenvalue weighted by Gasteiger charge is 2.12. The number of nitrogens with one attached hydrogen (secondary N) is 2. The fraction of sp³-hybridized carbons (Fsp3) is 0.308. The zero-order valence-corrected chi connectivity index (χ0v) is 19.1. The summed E-state index contributed by atoms with van der Waals surface area (Å²) in [6.07, 6.45) is 8.41. The Morgan fingerprint density at radius 3 is 2.79 bits per heavy atom. The summed E-state index contributed by atoms with van der Waals surface area (Å²) >= 11 is 0. The molecule has 4 aromatic rings. The third kappa shape index (κ3) is 4.78. The first-order valence-corrected chi connectivity index (χ1v) is 11.4. The van der Waals surface area contributed by atoms with Gasteiger partial charge in [-0.3, -0.25) is 4.90 Å². The minimum atomic E-state index is 0.488. The molecule has 0 aliphatic carbocycles. The van der Waals surface area contributed by atoms with E-state index in [2.05, 4.69) is 62.4 Å². The number of nitrogens with zero attached hydrogens (tertiary/aromatic N) is 3. The maximum Gasteiger partial charge on any atom is 0.163 e. The van der Waals surface area contributed by atoms with E-state index in [-0.39, 0.29) is 0 Å². The second kappa shape index (κ2) is 9.50. The van der Waals surface area contributed by atoms with E-state index in [1.54, 1.807) is 13.4 Å². The first-order chi connectivity index (χ1) is 16.2. The number of H-pyrrole nitrogens is 1. The summed E-state index contributed by atoms with van der Waals surface area (Å²) < 4.78 is 11.6. The average Bonchev–Trinajstić information content (AvgIpc) is 3.47. The number of rotatable bonds is 8. The molecule has 2 aromatic heterocycles. The summed E-state index contributed by atoms with van der Waals surface area (Å²) in [7, 11) is 1.65. The summed E-state index contributed by atoms with van der Waals surface area (Å²) in [4.78, 5) is 14.7. The Bertz CT molecular complexity index is 1290. The van der Waals surface area contributed by atoms with E-state index in [9.17, 15) is 0 Å². The summed E-state index contributed by atoms with van der Waals surface area (Å²) in [5.41, 5.74) is 4.01. The monoisotopic (exact) mass is 443 g/mol. The lowest BCUT2D eigenvalue weighted by Crippen LogP contribution is -2.18. The number of anilines is 2. The van der Waals surface area contributed by atoms with Crippen molar-refractivity contribution in [3.8, 4) is 11.5 Å². The summed E-state index contributed by atoms with van der Waals surface area (Å²) in [6, 6.07) is 12.2. The van der Waals surface area contributed by atoms with Crippen LogP contribution in [0.2, 0.25) is 0 Å².